The molecular formula is C14H26O4S. The smallest absolute Gasteiger partial charge is 0.324 e. The normalized spacial score (nSPS) is 16.5. The van der Waals surface area contributed by atoms with Gasteiger partial charge in [-0.1, -0.05) is 41.0 Å². The predicted octanol–water partition coefficient (Wildman–Crippen LogP) is 3.20. The lowest BCUT2D eigenvalue weighted by Gasteiger charge is -2.34. The highest BCUT2D eigenvalue weighted by Crippen LogP contribution is 2.39. The summed E-state index contributed by atoms with van der Waals surface area (Å²) in [6.45, 7) is 11.6. The van der Waals surface area contributed by atoms with Gasteiger partial charge in [-0.2, -0.15) is 11.8 Å². The van der Waals surface area contributed by atoms with Crippen molar-refractivity contribution in [2.45, 2.75) is 52.7 Å². The Labute approximate surface area is 120 Å². The molecule has 4 nitrogen and oxygen atoms in total. The molecule has 0 bridgehead atoms. The van der Waals surface area contributed by atoms with E-state index in [1.165, 1.54) is 11.8 Å². The van der Waals surface area contributed by atoms with E-state index in [4.69, 9.17) is 4.74 Å². The van der Waals surface area contributed by atoms with Gasteiger partial charge in [0.15, 0.2) is 5.41 Å². The van der Waals surface area contributed by atoms with E-state index in [2.05, 4.69) is 0 Å². The third kappa shape index (κ3) is 4.71. The van der Waals surface area contributed by atoms with E-state index < -0.39 is 17.4 Å². The molecule has 0 spiro atoms. The molecule has 0 aliphatic rings. The van der Waals surface area contributed by atoms with Crippen molar-refractivity contribution in [3.63, 3.8) is 0 Å². The van der Waals surface area contributed by atoms with Gasteiger partial charge in [-0.15, -0.1) is 0 Å². The van der Waals surface area contributed by atoms with E-state index in [9.17, 15) is 14.7 Å². The zero-order chi connectivity index (χ0) is 15.3. The minimum absolute atomic E-state index is 0.0966. The van der Waals surface area contributed by atoms with Gasteiger partial charge in [-0.25, -0.2) is 0 Å². The lowest BCUT2D eigenvalue weighted by Crippen LogP contribution is -2.48. The summed E-state index contributed by atoms with van der Waals surface area (Å²) in [6.07, 6.45) is 0.621. The third-order valence-electron chi connectivity index (χ3n) is 3.21. The zero-order valence-electron chi connectivity index (χ0n) is 12.8. The summed E-state index contributed by atoms with van der Waals surface area (Å²) in [5, 5.41) is 9.61. The second kappa shape index (κ2) is 7.17. The molecule has 1 N–H and O–H groups in total. The highest BCUT2D eigenvalue weighted by atomic mass is 32.2. The number of ether oxygens (including phenoxy) is 1. The molecule has 1 unspecified atom stereocenters. The van der Waals surface area contributed by atoms with Gasteiger partial charge in [-0.3, -0.25) is 9.59 Å². The van der Waals surface area contributed by atoms with E-state index >= 15 is 0 Å². The van der Waals surface area contributed by atoms with Crippen molar-refractivity contribution < 1.29 is 19.4 Å². The second-order valence-corrected chi connectivity index (χ2v) is 7.51. The van der Waals surface area contributed by atoms with Gasteiger partial charge in [0.25, 0.3) is 0 Å². The van der Waals surface area contributed by atoms with Crippen LogP contribution in [0.5, 0.6) is 0 Å². The van der Waals surface area contributed by atoms with Crippen LogP contribution in [-0.4, -0.2) is 34.2 Å². The third-order valence-corrected chi connectivity index (χ3v) is 4.67. The molecule has 0 saturated carbocycles. The maximum Gasteiger partial charge on any atom is 0.324 e. The van der Waals surface area contributed by atoms with Crippen LogP contribution < -0.4 is 0 Å². The van der Waals surface area contributed by atoms with Crippen LogP contribution in [0.1, 0.15) is 48.0 Å². The topological polar surface area (TPSA) is 63.6 Å². The summed E-state index contributed by atoms with van der Waals surface area (Å²) >= 11 is 1.49. The average Bonchev–Trinajstić information content (AvgIpc) is 2.27. The number of carbonyl (C=O) groups is 2. The van der Waals surface area contributed by atoms with Crippen molar-refractivity contribution in [3.05, 3.63) is 0 Å². The standard InChI is InChI=1S/C14H26O4S/c1-7-10(3)14(11(15)16,12(17)18-8-2)9-19-13(4,5)6/h10H,7-9H2,1-6H3,(H,15,16)/t10?,14-/m0/s1. The Morgan fingerprint density at radius 3 is 2.11 bits per heavy atom. The zero-order valence-corrected chi connectivity index (χ0v) is 13.6. The average molecular weight is 290 g/mol. The van der Waals surface area contributed by atoms with Crippen molar-refractivity contribution in [1.82, 2.24) is 0 Å². The molecule has 19 heavy (non-hydrogen) atoms. The molecule has 0 rings (SSSR count). The Kier molecular flexibility index (Phi) is 6.91. The molecule has 0 heterocycles. The van der Waals surface area contributed by atoms with Gasteiger partial charge in [0.2, 0.25) is 0 Å². The van der Waals surface area contributed by atoms with Gasteiger partial charge in [-0.05, 0) is 12.8 Å². The molecule has 0 aromatic rings. The summed E-state index contributed by atoms with van der Waals surface area (Å²) in [5.41, 5.74) is -1.46. The molecule has 0 aliphatic heterocycles. The van der Waals surface area contributed by atoms with Gasteiger partial charge in [0.1, 0.15) is 0 Å². The monoisotopic (exact) mass is 290 g/mol. The van der Waals surface area contributed by atoms with E-state index in [0.29, 0.717) is 6.42 Å². The Morgan fingerprint density at radius 1 is 1.26 bits per heavy atom. The molecule has 0 aromatic heterocycles. The van der Waals surface area contributed by atoms with Gasteiger partial charge >= 0.3 is 11.9 Å². The van der Waals surface area contributed by atoms with E-state index in [1.54, 1.807) is 13.8 Å². The number of aliphatic carboxylic acids is 1. The van der Waals surface area contributed by atoms with E-state index in [0.717, 1.165) is 0 Å². The lowest BCUT2D eigenvalue weighted by molar-refractivity contribution is -0.170. The minimum atomic E-state index is -1.46. The molecule has 2 atom stereocenters. The first-order chi connectivity index (χ1) is 8.61. The van der Waals surface area contributed by atoms with E-state index in [-0.39, 0.29) is 23.0 Å². The number of carboxylic acids is 1. The first kappa shape index (κ1) is 18.3. The summed E-state index contributed by atoms with van der Waals surface area (Å²) in [5.74, 6) is -1.73. The van der Waals surface area contributed by atoms with Crippen LogP contribution in [-0.2, 0) is 14.3 Å². The molecule has 0 fully saturated rings. The number of hydrogen-bond donors (Lipinski definition) is 1. The summed E-state index contributed by atoms with van der Waals surface area (Å²) < 4.78 is 4.93. The van der Waals surface area contributed by atoms with Crippen LogP contribution in [0.3, 0.4) is 0 Å². The predicted molar refractivity (Wildman–Crippen MR) is 78.4 cm³/mol. The van der Waals surface area contributed by atoms with Crippen LogP contribution in [0.4, 0.5) is 0 Å². The SMILES string of the molecule is CCOC(=O)[C@](CSC(C)(C)C)(C(=O)O)C(C)CC. The summed E-state index contributed by atoms with van der Waals surface area (Å²) in [7, 11) is 0. The number of thioether (sulfide) groups is 1. The van der Waals surface area contributed by atoms with Crippen molar-refractivity contribution in [2.75, 3.05) is 12.4 Å². The molecule has 0 radical (unpaired) electrons. The molecule has 112 valence electrons. The number of carbonyl (C=O) groups excluding carboxylic acids is 1. The number of esters is 1. The van der Waals surface area contributed by atoms with Crippen molar-refractivity contribution in [3.8, 4) is 0 Å². The van der Waals surface area contributed by atoms with Crippen molar-refractivity contribution >= 4 is 23.7 Å². The quantitative estimate of drug-likeness (QED) is 0.576. The molecule has 0 aliphatic carbocycles. The number of carboxylic acid groups (broad SMARTS) is 1. The van der Waals surface area contributed by atoms with E-state index in [1.807, 2.05) is 27.7 Å². The fraction of sp³-hybridized carbons (Fsp3) is 0.857. The summed E-state index contributed by atoms with van der Waals surface area (Å²) in [4.78, 5) is 23.9. The fourth-order valence-corrected chi connectivity index (χ4v) is 2.89. The highest BCUT2D eigenvalue weighted by Gasteiger charge is 2.52. The Balaban J connectivity index is 5.39. The van der Waals surface area contributed by atoms with Crippen LogP contribution in [0.25, 0.3) is 0 Å². The molecule has 0 aromatic carbocycles. The van der Waals surface area contributed by atoms with Crippen molar-refractivity contribution in [1.29, 1.82) is 0 Å². The Morgan fingerprint density at radius 2 is 1.79 bits per heavy atom. The minimum Gasteiger partial charge on any atom is -0.480 e. The van der Waals surface area contributed by atoms with Gasteiger partial charge < -0.3 is 9.84 Å². The molecule has 0 saturated heterocycles. The maximum absolute atomic E-state index is 12.2. The second-order valence-electron chi connectivity index (χ2n) is 5.71. The van der Waals surface area contributed by atoms with Gasteiger partial charge in [0.05, 0.1) is 6.61 Å². The maximum atomic E-state index is 12.2. The number of rotatable bonds is 7. The summed E-state index contributed by atoms with van der Waals surface area (Å²) in [6, 6.07) is 0. The molecule has 0 amide bonds. The molecule has 5 heteroatoms. The number of hydrogen-bond acceptors (Lipinski definition) is 4. The Hall–Kier alpha value is -0.710. The first-order valence-corrected chi connectivity index (χ1v) is 7.65. The van der Waals surface area contributed by atoms with Crippen LogP contribution in [0.15, 0.2) is 0 Å². The first-order valence-electron chi connectivity index (χ1n) is 6.66. The molecular weight excluding hydrogens is 264 g/mol. The van der Waals surface area contributed by atoms with Crippen LogP contribution >= 0.6 is 11.8 Å². The largest absolute Gasteiger partial charge is 0.480 e. The Bertz CT molecular complexity index is 322. The highest BCUT2D eigenvalue weighted by molar-refractivity contribution is 8.00. The fourth-order valence-electron chi connectivity index (χ4n) is 1.70. The van der Waals surface area contributed by atoms with Crippen molar-refractivity contribution in [2.24, 2.45) is 11.3 Å². The van der Waals surface area contributed by atoms with Crippen LogP contribution in [0.2, 0.25) is 0 Å². The van der Waals surface area contributed by atoms with Crippen LogP contribution in [0, 0.1) is 11.3 Å². The lowest BCUT2D eigenvalue weighted by atomic mass is 9.76. The van der Waals surface area contributed by atoms with Gasteiger partial charge in [0, 0.05) is 10.5 Å².